The Balaban J connectivity index is 1.91. The van der Waals surface area contributed by atoms with Gasteiger partial charge in [-0.2, -0.15) is 0 Å². The van der Waals surface area contributed by atoms with Gasteiger partial charge in [-0.3, -0.25) is 4.57 Å². The Morgan fingerprint density at radius 3 is 2.71 bits per heavy atom. The van der Waals surface area contributed by atoms with Crippen molar-refractivity contribution >= 4 is 17.1 Å². The Labute approximate surface area is 122 Å². The van der Waals surface area contributed by atoms with Gasteiger partial charge in [0, 0.05) is 12.2 Å². The van der Waals surface area contributed by atoms with E-state index in [1.165, 1.54) is 6.07 Å². The smallest absolute Gasteiger partial charge is 0.202 e. The number of imidazole rings is 1. The molecule has 0 spiro atoms. The molecule has 3 rings (SSSR count). The van der Waals surface area contributed by atoms with E-state index in [2.05, 4.69) is 9.97 Å². The van der Waals surface area contributed by atoms with E-state index < -0.39 is 0 Å². The first kappa shape index (κ1) is 13.5. The van der Waals surface area contributed by atoms with Gasteiger partial charge in [-0.15, -0.1) is 0 Å². The lowest BCUT2D eigenvalue weighted by molar-refractivity contribution is 0.624. The minimum absolute atomic E-state index is 0.207. The third-order valence-electron chi connectivity index (χ3n) is 3.67. The topological polar surface area (TPSA) is 56.7 Å². The van der Waals surface area contributed by atoms with Gasteiger partial charge in [0.1, 0.15) is 11.3 Å². The number of aryl methyl sites for hydroxylation is 4. The fourth-order valence-corrected chi connectivity index (χ4v) is 2.51. The predicted molar refractivity (Wildman–Crippen MR) is 81.5 cm³/mol. The molecule has 1 aromatic carbocycles. The molecule has 0 bridgehead atoms. The van der Waals surface area contributed by atoms with E-state index in [1.807, 2.05) is 36.6 Å². The first-order valence-electron chi connectivity index (χ1n) is 6.89. The van der Waals surface area contributed by atoms with Gasteiger partial charge < -0.3 is 5.73 Å². The monoisotopic (exact) mass is 284 g/mol. The Hall–Kier alpha value is -2.43. The van der Waals surface area contributed by atoms with Gasteiger partial charge in [0.2, 0.25) is 5.95 Å². The van der Waals surface area contributed by atoms with E-state index >= 15 is 0 Å². The maximum absolute atomic E-state index is 13.1. The molecule has 0 aliphatic carbocycles. The molecule has 0 aliphatic rings. The van der Waals surface area contributed by atoms with Crippen molar-refractivity contribution in [2.75, 3.05) is 5.73 Å². The molecule has 0 amide bonds. The fraction of sp³-hybridized carbons (Fsp3) is 0.250. The molecule has 108 valence electrons. The van der Waals surface area contributed by atoms with E-state index in [-0.39, 0.29) is 5.82 Å². The average molecular weight is 284 g/mol. The highest BCUT2D eigenvalue weighted by Gasteiger charge is 2.10. The van der Waals surface area contributed by atoms with Crippen molar-refractivity contribution in [3.8, 4) is 0 Å². The number of anilines is 1. The van der Waals surface area contributed by atoms with Crippen molar-refractivity contribution in [3.05, 3.63) is 53.0 Å². The lowest BCUT2D eigenvalue weighted by Crippen LogP contribution is -2.07. The Morgan fingerprint density at radius 1 is 1.14 bits per heavy atom. The molecule has 2 aromatic heterocycles. The van der Waals surface area contributed by atoms with Crippen LogP contribution in [0.15, 0.2) is 30.3 Å². The number of aromatic nitrogens is 3. The van der Waals surface area contributed by atoms with Crippen LogP contribution in [-0.4, -0.2) is 14.5 Å². The molecule has 2 N–H and O–H groups in total. The molecule has 0 radical (unpaired) electrons. The summed E-state index contributed by atoms with van der Waals surface area (Å²) in [5.41, 5.74) is 10.6. The Morgan fingerprint density at radius 2 is 1.95 bits per heavy atom. The van der Waals surface area contributed by atoms with Crippen LogP contribution in [0.2, 0.25) is 0 Å². The maximum Gasteiger partial charge on any atom is 0.202 e. The number of nitrogens with zero attached hydrogens (tertiary/aromatic N) is 3. The van der Waals surface area contributed by atoms with Crippen molar-refractivity contribution in [1.82, 2.24) is 14.5 Å². The molecule has 0 saturated heterocycles. The van der Waals surface area contributed by atoms with Gasteiger partial charge >= 0.3 is 0 Å². The van der Waals surface area contributed by atoms with Crippen LogP contribution in [0.25, 0.3) is 11.2 Å². The summed E-state index contributed by atoms with van der Waals surface area (Å²) in [6.45, 7) is 4.53. The zero-order valence-electron chi connectivity index (χ0n) is 12.1. The molecule has 0 fully saturated rings. The summed E-state index contributed by atoms with van der Waals surface area (Å²) in [4.78, 5) is 8.83. The van der Waals surface area contributed by atoms with E-state index in [0.717, 1.165) is 34.4 Å². The van der Waals surface area contributed by atoms with Gasteiger partial charge in [-0.05, 0) is 55.7 Å². The molecule has 5 heteroatoms. The SMILES string of the molecule is Cc1ccc2nc(N)n(CCc3ccc(F)cc3C)c2n1. The second kappa shape index (κ2) is 5.16. The molecular formula is C16H17FN4. The molecular weight excluding hydrogens is 267 g/mol. The molecule has 0 unspecified atom stereocenters. The molecule has 2 heterocycles. The summed E-state index contributed by atoms with van der Waals surface area (Å²) < 4.78 is 15.0. The fourth-order valence-electron chi connectivity index (χ4n) is 2.51. The van der Waals surface area contributed by atoms with Crippen LogP contribution >= 0.6 is 0 Å². The van der Waals surface area contributed by atoms with Crippen LogP contribution < -0.4 is 5.73 Å². The van der Waals surface area contributed by atoms with Crippen molar-refractivity contribution < 1.29 is 4.39 Å². The minimum Gasteiger partial charge on any atom is -0.369 e. The third-order valence-corrected chi connectivity index (χ3v) is 3.67. The van der Waals surface area contributed by atoms with E-state index in [1.54, 1.807) is 6.07 Å². The number of pyridine rings is 1. The van der Waals surface area contributed by atoms with Gasteiger partial charge in [0.25, 0.3) is 0 Å². The number of hydrogen-bond acceptors (Lipinski definition) is 3. The van der Waals surface area contributed by atoms with Crippen LogP contribution in [0.4, 0.5) is 10.3 Å². The standard InChI is InChI=1S/C16H17FN4/c1-10-9-13(17)5-4-12(10)7-8-21-15-14(20-16(21)18)6-3-11(2)19-15/h3-6,9H,7-8H2,1-2H3,(H2,18,20). The maximum atomic E-state index is 13.1. The normalized spacial score (nSPS) is 11.2. The van der Waals surface area contributed by atoms with Crippen LogP contribution in [0.1, 0.15) is 16.8 Å². The van der Waals surface area contributed by atoms with Crippen LogP contribution in [0, 0.1) is 19.7 Å². The van der Waals surface area contributed by atoms with Gasteiger partial charge in [0.05, 0.1) is 0 Å². The summed E-state index contributed by atoms with van der Waals surface area (Å²) in [6, 6.07) is 8.70. The highest BCUT2D eigenvalue weighted by atomic mass is 19.1. The minimum atomic E-state index is -0.207. The Bertz CT molecular complexity index is 807. The number of nitrogen functional groups attached to an aromatic ring is 1. The molecule has 21 heavy (non-hydrogen) atoms. The van der Waals surface area contributed by atoms with E-state index in [9.17, 15) is 4.39 Å². The third kappa shape index (κ3) is 2.59. The first-order valence-corrected chi connectivity index (χ1v) is 6.89. The molecule has 0 saturated carbocycles. The summed E-state index contributed by atoms with van der Waals surface area (Å²) in [7, 11) is 0. The summed E-state index contributed by atoms with van der Waals surface area (Å²) in [5, 5.41) is 0. The number of nitrogens with two attached hydrogens (primary N) is 1. The van der Waals surface area contributed by atoms with Gasteiger partial charge in [-0.25, -0.2) is 14.4 Å². The van der Waals surface area contributed by atoms with E-state index in [0.29, 0.717) is 12.5 Å². The van der Waals surface area contributed by atoms with Gasteiger partial charge in [-0.1, -0.05) is 6.07 Å². The molecule has 0 aliphatic heterocycles. The molecule has 4 nitrogen and oxygen atoms in total. The number of halogens is 1. The van der Waals surface area contributed by atoms with Crippen LogP contribution in [-0.2, 0) is 13.0 Å². The van der Waals surface area contributed by atoms with E-state index in [4.69, 9.17) is 5.73 Å². The number of fused-ring (bicyclic) bond motifs is 1. The summed E-state index contributed by atoms with van der Waals surface area (Å²) >= 11 is 0. The van der Waals surface area contributed by atoms with Crippen LogP contribution in [0.5, 0.6) is 0 Å². The lowest BCUT2D eigenvalue weighted by Gasteiger charge is -2.08. The van der Waals surface area contributed by atoms with Gasteiger partial charge in [0.15, 0.2) is 5.65 Å². The van der Waals surface area contributed by atoms with Crippen molar-refractivity contribution in [1.29, 1.82) is 0 Å². The zero-order valence-corrected chi connectivity index (χ0v) is 12.1. The largest absolute Gasteiger partial charge is 0.369 e. The molecule has 0 atom stereocenters. The summed E-state index contributed by atoms with van der Waals surface area (Å²) in [5.74, 6) is 0.254. The average Bonchev–Trinajstić information content (AvgIpc) is 2.73. The van der Waals surface area contributed by atoms with Crippen molar-refractivity contribution in [2.24, 2.45) is 0 Å². The summed E-state index contributed by atoms with van der Waals surface area (Å²) in [6.07, 6.45) is 0.761. The second-order valence-corrected chi connectivity index (χ2v) is 5.24. The predicted octanol–water partition coefficient (Wildman–Crippen LogP) is 3.01. The van der Waals surface area contributed by atoms with Crippen molar-refractivity contribution in [2.45, 2.75) is 26.8 Å². The first-order chi connectivity index (χ1) is 10.0. The van der Waals surface area contributed by atoms with Crippen molar-refractivity contribution in [3.63, 3.8) is 0 Å². The quantitative estimate of drug-likeness (QED) is 0.804. The zero-order chi connectivity index (χ0) is 15.0. The number of benzene rings is 1. The Kier molecular flexibility index (Phi) is 3.33. The van der Waals surface area contributed by atoms with Crippen LogP contribution in [0.3, 0.4) is 0 Å². The number of rotatable bonds is 3. The number of hydrogen-bond donors (Lipinski definition) is 1. The highest BCUT2D eigenvalue weighted by Crippen LogP contribution is 2.18. The molecule has 3 aromatic rings. The second-order valence-electron chi connectivity index (χ2n) is 5.24. The lowest BCUT2D eigenvalue weighted by atomic mass is 10.1. The highest BCUT2D eigenvalue weighted by molar-refractivity contribution is 5.74.